The number of hydrogen-bond acceptors (Lipinski definition) is 2. The van der Waals surface area contributed by atoms with Crippen LogP contribution in [0.4, 0.5) is 0 Å². The van der Waals surface area contributed by atoms with E-state index in [0.717, 1.165) is 16.5 Å². The summed E-state index contributed by atoms with van der Waals surface area (Å²) in [6.07, 6.45) is 9.81. The lowest BCUT2D eigenvalue weighted by Gasteiger charge is -2.67. The van der Waals surface area contributed by atoms with Gasteiger partial charge in [0.05, 0.1) is 5.66 Å². The second-order valence-corrected chi connectivity index (χ2v) is 13.9. The Balaban J connectivity index is 1.91. The van der Waals surface area contributed by atoms with Crippen LogP contribution in [0, 0.1) is 11.8 Å². The third-order valence-electron chi connectivity index (χ3n) is 9.85. The Morgan fingerprint density at radius 3 is 1.57 bits per heavy atom. The highest BCUT2D eigenvalue weighted by molar-refractivity contribution is 6.30. The summed E-state index contributed by atoms with van der Waals surface area (Å²) >= 11 is 12.7. The minimum atomic E-state index is -0.109. The Morgan fingerprint density at radius 1 is 0.730 bits per heavy atom. The van der Waals surface area contributed by atoms with E-state index in [0.29, 0.717) is 17.9 Å². The number of halogens is 2. The fourth-order valence-corrected chi connectivity index (χ4v) is 8.26. The van der Waals surface area contributed by atoms with Crippen molar-refractivity contribution in [3.63, 3.8) is 0 Å². The molecule has 0 spiro atoms. The van der Waals surface area contributed by atoms with Gasteiger partial charge in [-0.05, 0) is 107 Å². The van der Waals surface area contributed by atoms with Crippen molar-refractivity contribution in [1.29, 1.82) is 0 Å². The summed E-state index contributed by atoms with van der Waals surface area (Å²) in [7, 11) is 7.12. The number of likely N-dealkylation sites (N-methyl/N-ethyl adjacent to an activating group) is 2. The molecule has 4 rings (SSSR count). The minimum absolute atomic E-state index is 0.0697. The van der Waals surface area contributed by atoms with Gasteiger partial charge in [-0.2, -0.15) is 0 Å². The van der Waals surface area contributed by atoms with Crippen LogP contribution in [0.5, 0.6) is 0 Å². The van der Waals surface area contributed by atoms with Crippen LogP contribution in [0.25, 0.3) is 0 Å². The fraction of sp³-hybridized carbons (Fsp3) is 0.636. The molecule has 2 aliphatic rings. The Hall–Kier alpha value is -1.06. The molecule has 2 aromatic rings. The summed E-state index contributed by atoms with van der Waals surface area (Å²) in [4.78, 5) is 5.46. The van der Waals surface area contributed by atoms with Crippen LogP contribution < -0.4 is 0 Å². The van der Waals surface area contributed by atoms with E-state index < -0.39 is 0 Å². The van der Waals surface area contributed by atoms with Gasteiger partial charge in [0.1, 0.15) is 0 Å². The molecule has 2 atom stereocenters. The zero-order chi connectivity index (χ0) is 27.0. The van der Waals surface area contributed by atoms with Gasteiger partial charge in [0.25, 0.3) is 0 Å². The van der Waals surface area contributed by atoms with Crippen molar-refractivity contribution in [2.45, 2.75) is 102 Å². The topological polar surface area (TPSA) is 6.48 Å². The maximum absolute atomic E-state index is 6.39. The van der Waals surface area contributed by atoms with Crippen molar-refractivity contribution < 1.29 is 0 Å². The first kappa shape index (κ1) is 28.9. The summed E-state index contributed by atoms with van der Waals surface area (Å²) in [6, 6.07) is 18.1. The summed E-state index contributed by atoms with van der Waals surface area (Å²) in [5.41, 5.74) is 3.03. The van der Waals surface area contributed by atoms with Crippen LogP contribution >= 0.6 is 23.2 Å². The molecule has 37 heavy (non-hydrogen) atoms. The summed E-state index contributed by atoms with van der Waals surface area (Å²) in [5, 5.41) is 1.64. The normalized spacial score (nSPS) is 21.1. The van der Waals surface area contributed by atoms with Crippen LogP contribution in [0.15, 0.2) is 48.5 Å². The van der Waals surface area contributed by atoms with Crippen LogP contribution in [-0.4, -0.2) is 42.6 Å². The van der Waals surface area contributed by atoms with Gasteiger partial charge in [0.15, 0.2) is 0 Å². The largest absolute Gasteiger partial charge is 0.291 e. The highest BCUT2D eigenvalue weighted by Crippen LogP contribution is 2.59. The number of rotatable bonds is 11. The Bertz CT molecular complexity index is 1020. The van der Waals surface area contributed by atoms with Crippen LogP contribution in [0.2, 0.25) is 10.0 Å². The second kappa shape index (κ2) is 11.2. The van der Waals surface area contributed by atoms with Gasteiger partial charge in [-0.3, -0.25) is 9.80 Å². The van der Waals surface area contributed by atoms with Crippen LogP contribution in [-0.2, 0) is 10.8 Å². The zero-order valence-electron chi connectivity index (χ0n) is 24.2. The molecule has 2 aliphatic carbocycles. The van der Waals surface area contributed by atoms with Crippen molar-refractivity contribution in [3.8, 4) is 0 Å². The average Bonchev–Trinajstić information content (AvgIpc) is 2.77. The zero-order valence-corrected chi connectivity index (χ0v) is 25.7. The van der Waals surface area contributed by atoms with E-state index in [1.54, 1.807) is 0 Å². The molecule has 2 unspecified atom stereocenters. The standard InChI is InChI=1S/C33H48Cl2N2/c1-24(2)22-30(31(18-8-19-31)26-10-14-28(34)15-11-26)37(7)33(36(5)6,23-25(3)4)32(20-9-21-32)27-12-16-29(35)17-13-27/h10-17,24-25,30H,8-9,18-23H2,1-7H3. The first-order valence-electron chi connectivity index (χ1n) is 14.4. The van der Waals surface area contributed by atoms with Crippen molar-refractivity contribution in [3.05, 3.63) is 69.7 Å². The summed E-state index contributed by atoms with van der Waals surface area (Å²) in [6.45, 7) is 9.59. The molecule has 2 saturated carbocycles. The van der Waals surface area contributed by atoms with E-state index in [4.69, 9.17) is 23.2 Å². The first-order valence-corrected chi connectivity index (χ1v) is 15.2. The highest BCUT2D eigenvalue weighted by Gasteiger charge is 2.62. The average molecular weight is 544 g/mol. The monoisotopic (exact) mass is 542 g/mol. The number of nitrogens with zero attached hydrogens (tertiary/aromatic N) is 2. The fourth-order valence-electron chi connectivity index (χ4n) is 8.00. The predicted molar refractivity (Wildman–Crippen MR) is 161 cm³/mol. The lowest BCUT2D eigenvalue weighted by atomic mass is 9.52. The molecular weight excluding hydrogens is 495 g/mol. The van der Waals surface area contributed by atoms with Gasteiger partial charge in [-0.25, -0.2) is 0 Å². The van der Waals surface area contributed by atoms with Crippen molar-refractivity contribution in [2.75, 3.05) is 21.1 Å². The Kier molecular flexibility index (Phi) is 8.76. The van der Waals surface area contributed by atoms with E-state index in [9.17, 15) is 0 Å². The van der Waals surface area contributed by atoms with E-state index in [1.807, 2.05) is 0 Å². The van der Waals surface area contributed by atoms with E-state index >= 15 is 0 Å². The summed E-state index contributed by atoms with van der Waals surface area (Å²) in [5.74, 6) is 1.19. The molecule has 4 heteroatoms. The molecule has 204 valence electrons. The second-order valence-electron chi connectivity index (χ2n) is 13.0. The molecule has 0 N–H and O–H groups in total. The Morgan fingerprint density at radius 2 is 1.22 bits per heavy atom. The predicted octanol–water partition coefficient (Wildman–Crippen LogP) is 9.19. The molecule has 2 aromatic carbocycles. The summed E-state index contributed by atoms with van der Waals surface area (Å²) < 4.78 is 0. The SMILES string of the molecule is CC(C)CC(N(C)C(CC(C)C)(N(C)C)C1(c2ccc(Cl)cc2)CCC1)C1(c2ccc(Cl)cc2)CCC1. The molecule has 0 aromatic heterocycles. The smallest absolute Gasteiger partial charge is 0.0834 e. The number of hydrogen-bond donors (Lipinski definition) is 0. The van der Waals surface area contributed by atoms with Crippen LogP contribution in [0.1, 0.15) is 90.2 Å². The molecule has 0 bridgehead atoms. The van der Waals surface area contributed by atoms with Gasteiger partial charge in [0, 0.05) is 26.9 Å². The van der Waals surface area contributed by atoms with E-state index in [-0.39, 0.29) is 16.5 Å². The highest BCUT2D eigenvalue weighted by atomic mass is 35.5. The van der Waals surface area contributed by atoms with Gasteiger partial charge >= 0.3 is 0 Å². The molecule has 0 heterocycles. The lowest BCUT2D eigenvalue weighted by molar-refractivity contribution is -0.159. The molecule has 0 aliphatic heterocycles. The van der Waals surface area contributed by atoms with Crippen molar-refractivity contribution >= 4 is 23.2 Å². The van der Waals surface area contributed by atoms with Crippen LogP contribution in [0.3, 0.4) is 0 Å². The third-order valence-corrected chi connectivity index (χ3v) is 10.4. The van der Waals surface area contributed by atoms with Gasteiger partial charge in [-0.1, -0.05) is 88.0 Å². The molecule has 0 saturated heterocycles. The molecule has 0 amide bonds. The Labute approximate surface area is 236 Å². The van der Waals surface area contributed by atoms with Gasteiger partial charge < -0.3 is 0 Å². The third kappa shape index (κ3) is 5.02. The van der Waals surface area contributed by atoms with E-state index in [2.05, 4.69) is 107 Å². The maximum atomic E-state index is 6.39. The molecule has 2 nitrogen and oxygen atoms in total. The molecule has 2 fully saturated rings. The first-order chi connectivity index (χ1) is 17.5. The quantitative estimate of drug-likeness (QED) is 0.261. The van der Waals surface area contributed by atoms with E-state index in [1.165, 1.54) is 56.1 Å². The molecular formula is C33H48Cl2N2. The maximum Gasteiger partial charge on any atom is 0.0834 e. The van der Waals surface area contributed by atoms with Gasteiger partial charge in [-0.15, -0.1) is 0 Å². The van der Waals surface area contributed by atoms with Crippen molar-refractivity contribution in [2.24, 2.45) is 11.8 Å². The molecule has 0 radical (unpaired) electrons. The number of benzene rings is 2. The van der Waals surface area contributed by atoms with Crippen molar-refractivity contribution in [1.82, 2.24) is 9.80 Å². The van der Waals surface area contributed by atoms with Gasteiger partial charge in [0.2, 0.25) is 0 Å². The lowest BCUT2D eigenvalue weighted by Crippen LogP contribution is -2.75. The minimum Gasteiger partial charge on any atom is -0.291 e.